The smallest absolute Gasteiger partial charge is 0.0337 e. The van der Waals surface area contributed by atoms with Gasteiger partial charge in [-0.3, -0.25) is 0 Å². The summed E-state index contributed by atoms with van der Waals surface area (Å²) < 4.78 is 0. The summed E-state index contributed by atoms with van der Waals surface area (Å²) in [5.41, 5.74) is 4.74. The van der Waals surface area contributed by atoms with Crippen molar-refractivity contribution in [2.24, 2.45) is 0 Å². The Morgan fingerprint density at radius 2 is 0.833 bits per heavy atom. The average molecular weight is 285 g/mol. The highest BCUT2D eigenvalue weighted by Crippen LogP contribution is 2.22. The van der Waals surface area contributed by atoms with E-state index in [1.807, 2.05) is 14.1 Å². The zero-order chi connectivity index (χ0) is 11.4. The predicted molar refractivity (Wildman–Crippen MR) is 85.5 cm³/mol. The molecule has 0 heterocycles. The van der Waals surface area contributed by atoms with Gasteiger partial charge in [0.05, 0.1) is 0 Å². The SMILES string of the molecule is CNc1ccc(-c2ccc(NC)cc2)cc1.Cl.Cl. The van der Waals surface area contributed by atoms with Crippen LogP contribution in [-0.2, 0) is 0 Å². The average Bonchev–Trinajstić information content (AvgIpc) is 2.39. The lowest BCUT2D eigenvalue weighted by molar-refractivity contribution is 1.49. The van der Waals surface area contributed by atoms with Crippen LogP contribution in [0.15, 0.2) is 48.5 Å². The molecule has 0 atom stereocenters. The zero-order valence-electron chi connectivity index (χ0n) is 10.4. The summed E-state index contributed by atoms with van der Waals surface area (Å²) in [7, 11) is 3.85. The van der Waals surface area contributed by atoms with Gasteiger partial charge < -0.3 is 10.6 Å². The van der Waals surface area contributed by atoms with Crippen molar-refractivity contribution in [1.82, 2.24) is 0 Å². The molecule has 2 N–H and O–H groups in total. The van der Waals surface area contributed by atoms with E-state index in [0.717, 1.165) is 11.4 Å². The highest BCUT2D eigenvalue weighted by molar-refractivity contribution is 5.85. The van der Waals surface area contributed by atoms with Crippen LogP contribution in [0, 0.1) is 0 Å². The molecule has 0 aliphatic rings. The molecule has 4 heteroatoms. The van der Waals surface area contributed by atoms with Crippen LogP contribution in [0.5, 0.6) is 0 Å². The zero-order valence-corrected chi connectivity index (χ0v) is 12.1. The van der Waals surface area contributed by atoms with Crippen molar-refractivity contribution in [1.29, 1.82) is 0 Å². The molecule has 0 aromatic heterocycles. The number of nitrogens with one attached hydrogen (secondary N) is 2. The summed E-state index contributed by atoms with van der Waals surface area (Å²) in [6.07, 6.45) is 0. The van der Waals surface area contributed by atoms with Crippen molar-refractivity contribution in [3.8, 4) is 11.1 Å². The molecule has 18 heavy (non-hydrogen) atoms. The van der Waals surface area contributed by atoms with Crippen LogP contribution in [0.2, 0.25) is 0 Å². The summed E-state index contributed by atoms with van der Waals surface area (Å²) >= 11 is 0. The number of halogens is 2. The lowest BCUT2D eigenvalue weighted by Gasteiger charge is -2.05. The van der Waals surface area contributed by atoms with E-state index in [4.69, 9.17) is 0 Å². The van der Waals surface area contributed by atoms with Crippen LogP contribution >= 0.6 is 24.8 Å². The molecule has 0 bridgehead atoms. The predicted octanol–water partition coefficient (Wildman–Crippen LogP) is 4.28. The molecule has 2 rings (SSSR count). The third kappa shape index (κ3) is 3.83. The first-order valence-corrected chi connectivity index (χ1v) is 5.39. The summed E-state index contributed by atoms with van der Waals surface area (Å²) in [4.78, 5) is 0. The third-order valence-electron chi connectivity index (χ3n) is 2.68. The topological polar surface area (TPSA) is 24.1 Å². The van der Waals surface area contributed by atoms with Gasteiger partial charge in [0.1, 0.15) is 0 Å². The van der Waals surface area contributed by atoms with Gasteiger partial charge in [0.25, 0.3) is 0 Å². The molecule has 2 aromatic rings. The molecular formula is C14H18Cl2N2. The van der Waals surface area contributed by atoms with E-state index in [2.05, 4.69) is 59.2 Å². The van der Waals surface area contributed by atoms with Gasteiger partial charge >= 0.3 is 0 Å². The van der Waals surface area contributed by atoms with Gasteiger partial charge in [-0.25, -0.2) is 0 Å². The molecule has 0 spiro atoms. The maximum Gasteiger partial charge on any atom is 0.0337 e. The summed E-state index contributed by atoms with van der Waals surface area (Å²) in [6.45, 7) is 0. The molecule has 0 aliphatic carbocycles. The van der Waals surface area contributed by atoms with Crippen molar-refractivity contribution >= 4 is 36.2 Å². The molecule has 98 valence electrons. The molecule has 0 amide bonds. The minimum Gasteiger partial charge on any atom is -0.388 e. The second-order valence-electron chi connectivity index (χ2n) is 3.65. The third-order valence-corrected chi connectivity index (χ3v) is 2.68. The van der Waals surface area contributed by atoms with Crippen LogP contribution in [0.1, 0.15) is 0 Å². The Morgan fingerprint density at radius 1 is 0.556 bits per heavy atom. The molecule has 0 fully saturated rings. The van der Waals surface area contributed by atoms with Crippen LogP contribution in [0.4, 0.5) is 11.4 Å². The lowest BCUT2D eigenvalue weighted by Crippen LogP contribution is -1.88. The highest BCUT2D eigenvalue weighted by Gasteiger charge is 1.97. The number of hydrogen-bond acceptors (Lipinski definition) is 2. The largest absolute Gasteiger partial charge is 0.388 e. The Morgan fingerprint density at radius 3 is 1.06 bits per heavy atom. The molecule has 0 saturated carbocycles. The van der Waals surface area contributed by atoms with Crippen LogP contribution in [0.3, 0.4) is 0 Å². The van der Waals surface area contributed by atoms with Gasteiger partial charge in [-0.15, -0.1) is 24.8 Å². The van der Waals surface area contributed by atoms with Crippen molar-refractivity contribution in [2.75, 3.05) is 24.7 Å². The Balaban J connectivity index is 0.00000144. The van der Waals surface area contributed by atoms with E-state index in [1.54, 1.807) is 0 Å². The fourth-order valence-corrected chi connectivity index (χ4v) is 1.66. The molecule has 0 unspecified atom stereocenters. The fourth-order valence-electron chi connectivity index (χ4n) is 1.66. The Bertz CT molecular complexity index is 407. The summed E-state index contributed by atoms with van der Waals surface area (Å²) in [5, 5.41) is 6.23. The van der Waals surface area contributed by atoms with E-state index in [0.29, 0.717) is 0 Å². The highest BCUT2D eigenvalue weighted by atomic mass is 35.5. The molecule has 0 aliphatic heterocycles. The Hall–Kier alpha value is -1.38. The van der Waals surface area contributed by atoms with E-state index in [1.165, 1.54) is 11.1 Å². The van der Waals surface area contributed by atoms with E-state index in [9.17, 15) is 0 Å². The first-order valence-electron chi connectivity index (χ1n) is 5.39. The summed E-state index contributed by atoms with van der Waals surface area (Å²) in [6, 6.07) is 16.8. The molecule has 2 aromatic carbocycles. The summed E-state index contributed by atoms with van der Waals surface area (Å²) in [5.74, 6) is 0. The van der Waals surface area contributed by atoms with Gasteiger partial charge in [-0.1, -0.05) is 24.3 Å². The standard InChI is InChI=1S/C14H16N2.2ClH/c1-15-13-7-3-11(4-8-13)12-5-9-14(16-2)10-6-12;;/h3-10,15-16H,1-2H3;2*1H. The van der Waals surface area contributed by atoms with Gasteiger partial charge in [0.15, 0.2) is 0 Å². The van der Waals surface area contributed by atoms with Gasteiger partial charge in [-0.05, 0) is 35.4 Å². The van der Waals surface area contributed by atoms with Gasteiger partial charge in [-0.2, -0.15) is 0 Å². The quantitative estimate of drug-likeness (QED) is 0.879. The van der Waals surface area contributed by atoms with Gasteiger partial charge in [0, 0.05) is 25.5 Å². The van der Waals surface area contributed by atoms with Crippen molar-refractivity contribution < 1.29 is 0 Å². The second kappa shape index (κ2) is 7.85. The minimum absolute atomic E-state index is 0. The molecule has 0 radical (unpaired) electrons. The maximum atomic E-state index is 3.11. The number of hydrogen-bond donors (Lipinski definition) is 2. The first-order chi connectivity index (χ1) is 7.83. The lowest BCUT2D eigenvalue weighted by atomic mass is 10.1. The monoisotopic (exact) mass is 284 g/mol. The van der Waals surface area contributed by atoms with Crippen molar-refractivity contribution in [3.63, 3.8) is 0 Å². The van der Waals surface area contributed by atoms with Crippen molar-refractivity contribution in [2.45, 2.75) is 0 Å². The van der Waals surface area contributed by atoms with Crippen LogP contribution < -0.4 is 10.6 Å². The van der Waals surface area contributed by atoms with Crippen molar-refractivity contribution in [3.05, 3.63) is 48.5 Å². The number of anilines is 2. The normalized spacial score (nSPS) is 8.78. The Labute approximate surface area is 121 Å². The maximum absolute atomic E-state index is 3.11. The second-order valence-corrected chi connectivity index (χ2v) is 3.65. The first kappa shape index (κ1) is 16.6. The molecule has 2 nitrogen and oxygen atoms in total. The number of rotatable bonds is 3. The van der Waals surface area contributed by atoms with Crippen LogP contribution in [0.25, 0.3) is 11.1 Å². The molecular weight excluding hydrogens is 267 g/mol. The van der Waals surface area contributed by atoms with Crippen LogP contribution in [-0.4, -0.2) is 14.1 Å². The van der Waals surface area contributed by atoms with E-state index < -0.39 is 0 Å². The van der Waals surface area contributed by atoms with E-state index >= 15 is 0 Å². The van der Waals surface area contributed by atoms with Gasteiger partial charge in [0.2, 0.25) is 0 Å². The minimum atomic E-state index is 0. The Kier molecular flexibility index (Phi) is 7.25. The fraction of sp³-hybridized carbons (Fsp3) is 0.143. The van der Waals surface area contributed by atoms with E-state index in [-0.39, 0.29) is 24.8 Å². The molecule has 0 saturated heterocycles. The number of benzene rings is 2.